The van der Waals surface area contributed by atoms with Crippen LogP contribution in [0.25, 0.3) is 10.1 Å². The number of nitrogens with zero attached hydrogens (tertiary/aromatic N) is 1. The molecule has 1 N–H and O–H groups in total. The van der Waals surface area contributed by atoms with Crippen LogP contribution in [0, 0.1) is 0 Å². The molecule has 0 radical (unpaired) electrons. The largest absolute Gasteiger partial charge is 0.493 e. The first kappa shape index (κ1) is 22.8. The van der Waals surface area contributed by atoms with Crippen LogP contribution in [-0.4, -0.2) is 25.2 Å². The molecule has 33 heavy (non-hydrogen) atoms. The number of hydrogen-bond acceptors (Lipinski definition) is 6. The Morgan fingerprint density at radius 3 is 2.48 bits per heavy atom. The first-order valence-corrected chi connectivity index (χ1v) is 11.2. The number of esters is 1. The molecule has 4 rings (SSSR count). The van der Waals surface area contributed by atoms with E-state index in [4.69, 9.17) is 32.7 Å². The molecule has 0 aliphatic rings. The van der Waals surface area contributed by atoms with Crippen LogP contribution in [0.4, 0.5) is 0 Å². The van der Waals surface area contributed by atoms with Crippen LogP contribution in [0.2, 0.25) is 10.0 Å². The molecule has 9 heteroatoms. The van der Waals surface area contributed by atoms with Gasteiger partial charge in [-0.1, -0.05) is 41.4 Å². The first-order chi connectivity index (χ1) is 16.0. The average Bonchev–Trinajstić information content (AvgIpc) is 3.17. The Hall–Kier alpha value is -3.39. The molecule has 0 aliphatic heterocycles. The van der Waals surface area contributed by atoms with E-state index in [0.29, 0.717) is 31.8 Å². The molecule has 0 unspecified atom stereocenters. The van der Waals surface area contributed by atoms with Crippen molar-refractivity contribution in [2.24, 2.45) is 5.10 Å². The summed E-state index contributed by atoms with van der Waals surface area (Å²) in [6.07, 6.45) is 1.45. The number of rotatable bonds is 6. The number of carbonyl (C=O) groups excluding carboxylic acids is 2. The van der Waals surface area contributed by atoms with E-state index in [1.54, 1.807) is 42.5 Å². The van der Waals surface area contributed by atoms with E-state index in [2.05, 4.69) is 10.5 Å². The Balaban J connectivity index is 1.46. The zero-order chi connectivity index (χ0) is 23.4. The standard InChI is InChI=1S/C24H16Cl2N2O4S/c1-31-19-12-14(13-27-28-23(29)15-7-9-16(25)10-8-15)6-11-18(19)32-24(30)22-21(26)17-4-2-3-5-20(17)33-22/h2-13H,1H3,(H,28,29)/b27-13+. The number of thiophene rings is 1. The predicted octanol–water partition coefficient (Wildman–Crippen LogP) is 6.20. The van der Waals surface area contributed by atoms with Crippen LogP contribution in [-0.2, 0) is 0 Å². The number of fused-ring (bicyclic) bond motifs is 1. The molecule has 1 amide bonds. The van der Waals surface area contributed by atoms with Gasteiger partial charge in [-0.15, -0.1) is 11.3 Å². The molecule has 1 heterocycles. The maximum atomic E-state index is 12.7. The highest BCUT2D eigenvalue weighted by atomic mass is 35.5. The lowest BCUT2D eigenvalue weighted by Gasteiger charge is -2.09. The molecular formula is C24H16Cl2N2O4S. The second-order valence-electron chi connectivity index (χ2n) is 6.75. The van der Waals surface area contributed by atoms with Gasteiger partial charge in [0.25, 0.3) is 5.91 Å². The third-order valence-corrected chi connectivity index (χ3v) is 6.50. The van der Waals surface area contributed by atoms with Crippen molar-refractivity contribution in [3.63, 3.8) is 0 Å². The summed E-state index contributed by atoms with van der Waals surface area (Å²) in [5.74, 6) is -0.385. The van der Waals surface area contributed by atoms with Gasteiger partial charge in [-0.05, 0) is 54.1 Å². The number of methoxy groups -OCH3 is 1. The maximum Gasteiger partial charge on any atom is 0.355 e. The van der Waals surface area contributed by atoms with E-state index < -0.39 is 5.97 Å². The number of nitrogens with one attached hydrogen (secondary N) is 1. The van der Waals surface area contributed by atoms with Gasteiger partial charge in [0.05, 0.1) is 18.3 Å². The fraction of sp³-hybridized carbons (Fsp3) is 0.0417. The average molecular weight is 499 g/mol. The van der Waals surface area contributed by atoms with Crippen molar-refractivity contribution in [2.45, 2.75) is 0 Å². The van der Waals surface area contributed by atoms with E-state index in [9.17, 15) is 9.59 Å². The SMILES string of the molecule is COc1cc(/C=N/NC(=O)c2ccc(Cl)cc2)ccc1OC(=O)c1sc2ccccc2c1Cl. The van der Waals surface area contributed by atoms with Gasteiger partial charge in [-0.25, -0.2) is 10.2 Å². The second-order valence-corrected chi connectivity index (χ2v) is 8.61. The van der Waals surface area contributed by atoms with Gasteiger partial charge in [0.2, 0.25) is 0 Å². The fourth-order valence-corrected chi connectivity index (χ4v) is 4.48. The molecule has 0 spiro atoms. The van der Waals surface area contributed by atoms with Crippen molar-refractivity contribution in [1.82, 2.24) is 5.43 Å². The summed E-state index contributed by atoms with van der Waals surface area (Å²) in [5, 5.41) is 5.65. The van der Waals surface area contributed by atoms with Crippen LogP contribution in [0.15, 0.2) is 71.8 Å². The number of carbonyl (C=O) groups is 2. The Labute approximate surface area is 203 Å². The minimum absolute atomic E-state index is 0.235. The number of hydrazone groups is 1. The quantitative estimate of drug-likeness (QED) is 0.148. The Morgan fingerprint density at radius 1 is 1.00 bits per heavy atom. The van der Waals surface area contributed by atoms with E-state index in [-0.39, 0.29) is 11.7 Å². The molecular weight excluding hydrogens is 483 g/mol. The van der Waals surface area contributed by atoms with E-state index >= 15 is 0 Å². The minimum Gasteiger partial charge on any atom is -0.493 e. The van der Waals surface area contributed by atoms with Crippen molar-refractivity contribution < 1.29 is 19.1 Å². The summed E-state index contributed by atoms with van der Waals surface area (Å²) in [5.41, 5.74) is 3.49. The van der Waals surface area contributed by atoms with Gasteiger partial charge < -0.3 is 9.47 Å². The molecule has 3 aromatic carbocycles. The van der Waals surface area contributed by atoms with Gasteiger partial charge in [-0.2, -0.15) is 5.10 Å². The third-order valence-electron chi connectivity index (χ3n) is 4.60. The summed E-state index contributed by atoms with van der Waals surface area (Å²) < 4.78 is 11.8. The highest BCUT2D eigenvalue weighted by Crippen LogP contribution is 2.37. The zero-order valence-electron chi connectivity index (χ0n) is 17.2. The topological polar surface area (TPSA) is 77.0 Å². The molecule has 4 aromatic rings. The number of halogens is 2. The molecule has 0 bridgehead atoms. The number of hydrogen-bond donors (Lipinski definition) is 1. The van der Waals surface area contributed by atoms with Gasteiger partial charge in [-0.3, -0.25) is 4.79 Å². The molecule has 166 valence electrons. The normalized spacial score (nSPS) is 11.0. The third kappa shape index (κ3) is 5.17. The van der Waals surface area contributed by atoms with Crippen LogP contribution in [0.1, 0.15) is 25.6 Å². The highest BCUT2D eigenvalue weighted by Gasteiger charge is 2.20. The highest BCUT2D eigenvalue weighted by molar-refractivity contribution is 7.21. The molecule has 6 nitrogen and oxygen atoms in total. The Kier molecular flexibility index (Phi) is 6.93. The Bertz CT molecular complexity index is 1370. The molecule has 0 fully saturated rings. The van der Waals surface area contributed by atoms with E-state index in [1.165, 1.54) is 24.7 Å². The summed E-state index contributed by atoms with van der Waals surface area (Å²) >= 11 is 13.5. The van der Waals surface area contributed by atoms with Crippen molar-refractivity contribution >= 4 is 62.7 Å². The van der Waals surface area contributed by atoms with Crippen molar-refractivity contribution in [3.8, 4) is 11.5 Å². The first-order valence-electron chi connectivity index (χ1n) is 9.62. The summed E-state index contributed by atoms with van der Waals surface area (Å²) in [6, 6.07) is 18.8. The number of ether oxygens (including phenoxy) is 2. The van der Waals surface area contributed by atoms with Crippen LogP contribution in [0.5, 0.6) is 11.5 Å². The van der Waals surface area contributed by atoms with E-state index in [0.717, 1.165) is 10.1 Å². The van der Waals surface area contributed by atoms with Gasteiger partial charge in [0.1, 0.15) is 4.88 Å². The smallest absolute Gasteiger partial charge is 0.355 e. The molecule has 0 saturated carbocycles. The van der Waals surface area contributed by atoms with E-state index in [1.807, 2.05) is 24.3 Å². The van der Waals surface area contributed by atoms with Gasteiger partial charge in [0, 0.05) is 20.7 Å². The molecule has 0 aliphatic carbocycles. The van der Waals surface area contributed by atoms with Crippen molar-refractivity contribution in [3.05, 3.63) is 92.8 Å². The summed E-state index contributed by atoms with van der Waals surface area (Å²) in [6.45, 7) is 0. The summed E-state index contributed by atoms with van der Waals surface area (Å²) in [7, 11) is 1.46. The van der Waals surface area contributed by atoms with Crippen LogP contribution < -0.4 is 14.9 Å². The minimum atomic E-state index is -0.573. The van der Waals surface area contributed by atoms with Gasteiger partial charge >= 0.3 is 5.97 Å². The second kappa shape index (κ2) is 10.0. The lowest BCUT2D eigenvalue weighted by atomic mass is 10.2. The van der Waals surface area contributed by atoms with Crippen LogP contribution >= 0.6 is 34.5 Å². The molecule has 1 aromatic heterocycles. The Morgan fingerprint density at radius 2 is 1.76 bits per heavy atom. The van der Waals surface area contributed by atoms with Crippen molar-refractivity contribution in [2.75, 3.05) is 7.11 Å². The van der Waals surface area contributed by atoms with Crippen molar-refractivity contribution in [1.29, 1.82) is 0 Å². The molecule has 0 atom stereocenters. The number of benzene rings is 3. The molecule has 0 saturated heterocycles. The zero-order valence-corrected chi connectivity index (χ0v) is 19.5. The van der Waals surface area contributed by atoms with Crippen LogP contribution in [0.3, 0.4) is 0 Å². The number of amides is 1. The monoisotopic (exact) mass is 498 g/mol. The fourth-order valence-electron chi connectivity index (χ4n) is 2.97. The van der Waals surface area contributed by atoms with Gasteiger partial charge in [0.15, 0.2) is 11.5 Å². The lowest BCUT2D eigenvalue weighted by Crippen LogP contribution is -2.17. The predicted molar refractivity (Wildman–Crippen MR) is 131 cm³/mol. The lowest BCUT2D eigenvalue weighted by molar-refractivity contribution is 0.0734. The maximum absolute atomic E-state index is 12.7. The summed E-state index contributed by atoms with van der Waals surface area (Å²) in [4.78, 5) is 25.2.